The van der Waals surface area contributed by atoms with Crippen LogP contribution in [0.3, 0.4) is 0 Å². The van der Waals surface area contributed by atoms with Gasteiger partial charge in [-0.05, 0) is 26.7 Å². The summed E-state index contributed by atoms with van der Waals surface area (Å²) in [6, 6.07) is 2.03. The van der Waals surface area contributed by atoms with Crippen LogP contribution in [0.25, 0.3) is 0 Å². The maximum Gasteiger partial charge on any atom is 0.122 e. The number of furan rings is 1. The number of rotatable bonds is 5. The molecule has 0 spiro atoms. The summed E-state index contributed by atoms with van der Waals surface area (Å²) in [5.74, 6) is 1.05. The van der Waals surface area contributed by atoms with Gasteiger partial charge >= 0.3 is 0 Å². The average Bonchev–Trinajstić information content (AvgIpc) is 2.48. The molecule has 3 nitrogen and oxygen atoms in total. The molecule has 0 amide bonds. The fourth-order valence-electron chi connectivity index (χ4n) is 1.24. The van der Waals surface area contributed by atoms with Crippen molar-refractivity contribution < 1.29 is 4.42 Å². The Labute approximate surface area is 79.7 Å². The summed E-state index contributed by atoms with van der Waals surface area (Å²) >= 11 is 0. The molecule has 1 aromatic rings. The molecule has 0 aliphatic rings. The summed E-state index contributed by atoms with van der Waals surface area (Å²) in [4.78, 5) is 2.14. The molecule has 1 aromatic heterocycles. The lowest BCUT2D eigenvalue weighted by molar-refractivity contribution is 0.392. The first kappa shape index (κ1) is 10.3. The monoisotopic (exact) mass is 182 g/mol. The summed E-state index contributed by atoms with van der Waals surface area (Å²) in [7, 11) is 4.12. The molecule has 74 valence electrons. The first-order chi connectivity index (χ1) is 6.24. The average molecular weight is 182 g/mol. The van der Waals surface area contributed by atoms with Crippen LogP contribution in [0.5, 0.6) is 0 Å². The lowest BCUT2D eigenvalue weighted by Crippen LogP contribution is -2.15. The van der Waals surface area contributed by atoms with E-state index in [0.29, 0.717) is 0 Å². The maximum atomic E-state index is 5.38. The quantitative estimate of drug-likeness (QED) is 0.747. The molecule has 0 aliphatic carbocycles. The molecule has 0 radical (unpaired) electrons. The minimum absolute atomic E-state index is 0.826. The highest BCUT2D eigenvalue weighted by molar-refractivity contribution is 5.16. The van der Waals surface area contributed by atoms with Gasteiger partial charge in [-0.15, -0.1) is 0 Å². The van der Waals surface area contributed by atoms with Crippen molar-refractivity contribution in [1.29, 1.82) is 0 Å². The molecule has 13 heavy (non-hydrogen) atoms. The third kappa shape index (κ3) is 3.20. The van der Waals surface area contributed by atoms with Crippen molar-refractivity contribution in [3.63, 3.8) is 0 Å². The summed E-state index contributed by atoms with van der Waals surface area (Å²) in [6.07, 6.45) is 1.76. The summed E-state index contributed by atoms with van der Waals surface area (Å²) in [6.45, 7) is 4.83. The Morgan fingerprint density at radius 1 is 1.46 bits per heavy atom. The van der Waals surface area contributed by atoms with E-state index in [0.717, 1.165) is 25.4 Å². The first-order valence-corrected chi connectivity index (χ1v) is 4.64. The summed E-state index contributed by atoms with van der Waals surface area (Å²) in [5.41, 5.74) is 1.27. The number of hydrogen-bond donors (Lipinski definition) is 1. The van der Waals surface area contributed by atoms with Crippen molar-refractivity contribution in [3.8, 4) is 0 Å². The molecule has 0 aromatic carbocycles. The third-order valence-electron chi connectivity index (χ3n) is 1.86. The standard InChI is InChI=1S/C10H18N2O/c1-4-11-7-10-9(5-6-13-10)8-12(2)3/h5-6,11H,4,7-8H2,1-3H3. The van der Waals surface area contributed by atoms with Crippen LogP contribution in [-0.2, 0) is 13.1 Å². The maximum absolute atomic E-state index is 5.38. The molecule has 1 heterocycles. The van der Waals surface area contributed by atoms with E-state index in [1.165, 1.54) is 5.56 Å². The highest BCUT2D eigenvalue weighted by Crippen LogP contribution is 2.11. The van der Waals surface area contributed by atoms with Gasteiger partial charge < -0.3 is 14.6 Å². The van der Waals surface area contributed by atoms with Crippen molar-refractivity contribution in [1.82, 2.24) is 10.2 Å². The van der Waals surface area contributed by atoms with Gasteiger partial charge in [-0.25, -0.2) is 0 Å². The minimum atomic E-state index is 0.826. The Bertz CT molecular complexity index is 243. The van der Waals surface area contributed by atoms with E-state index < -0.39 is 0 Å². The normalized spacial score (nSPS) is 11.1. The van der Waals surface area contributed by atoms with Gasteiger partial charge in [-0.1, -0.05) is 6.92 Å². The molecule has 0 saturated carbocycles. The lowest BCUT2D eigenvalue weighted by Gasteiger charge is -2.09. The Morgan fingerprint density at radius 2 is 2.23 bits per heavy atom. The second-order valence-electron chi connectivity index (χ2n) is 3.39. The molecule has 1 rings (SSSR count). The molecule has 0 fully saturated rings. The van der Waals surface area contributed by atoms with Crippen LogP contribution in [0.2, 0.25) is 0 Å². The zero-order chi connectivity index (χ0) is 9.68. The second-order valence-corrected chi connectivity index (χ2v) is 3.39. The second kappa shape index (κ2) is 5.04. The van der Waals surface area contributed by atoms with E-state index in [1.807, 2.05) is 6.07 Å². The van der Waals surface area contributed by atoms with Gasteiger partial charge in [0.1, 0.15) is 5.76 Å². The molecule has 0 unspecified atom stereocenters. The van der Waals surface area contributed by atoms with E-state index in [9.17, 15) is 0 Å². The van der Waals surface area contributed by atoms with Crippen LogP contribution in [0.1, 0.15) is 18.2 Å². The Balaban J connectivity index is 2.55. The molecular weight excluding hydrogens is 164 g/mol. The summed E-state index contributed by atoms with van der Waals surface area (Å²) < 4.78 is 5.38. The Hall–Kier alpha value is -0.800. The predicted octanol–water partition coefficient (Wildman–Crippen LogP) is 1.45. The number of hydrogen-bond acceptors (Lipinski definition) is 3. The van der Waals surface area contributed by atoms with E-state index in [4.69, 9.17) is 4.42 Å². The topological polar surface area (TPSA) is 28.4 Å². The molecule has 0 aliphatic heterocycles. The Morgan fingerprint density at radius 3 is 2.85 bits per heavy atom. The smallest absolute Gasteiger partial charge is 0.122 e. The zero-order valence-electron chi connectivity index (χ0n) is 8.63. The molecule has 3 heteroatoms. The summed E-state index contributed by atoms with van der Waals surface area (Å²) in [5, 5.41) is 3.25. The largest absolute Gasteiger partial charge is 0.468 e. The van der Waals surface area contributed by atoms with Crippen LogP contribution < -0.4 is 5.32 Å². The van der Waals surface area contributed by atoms with Crippen molar-refractivity contribution in [2.24, 2.45) is 0 Å². The predicted molar refractivity (Wildman–Crippen MR) is 53.5 cm³/mol. The van der Waals surface area contributed by atoms with E-state index >= 15 is 0 Å². The van der Waals surface area contributed by atoms with Gasteiger partial charge in [0.05, 0.1) is 12.8 Å². The molecule has 0 saturated heterocycles. The third-order valence-corrected chi connectivity index (χ3v) is 1.86. The Kier molecular flexibility index (Phi) is 3.99. The highest BCUT2D eigenvalue weighted by Gasteiger charge is 2.05. The van der Waals surface area contributed by atoms with Crippen LogP contribution >= 0.6 is 0 Å². The van der Waals surface area contributed by atoms with E-state index in [1.54, 1.807) is 6.26 Å². The minimum Gasteiger partial charge on any atom is -0.468 e. The fourth-order valence-corrected chi connectivity index (χ4v) is 1.24. The highest BCUT2D eigenvalue weighted by atomic mass is 16.3. The first-order valence-electron chi connectivity index (χ1n) is 4.64. The SMILES string of the molecule is CCNCc1occc1CN(C)C. The van der Waals surface area contributed by atoms with Gasteiger partial charge in [0.25, 0.3) is 0 Å². The van der Waals surface area contributed by atoms with E-state index in [-0.39, 0.29) is 0 Å². The molecule has 0 atom stereocenters. The molecular formula is C10H18N2O. The van der Waals surface area contributed by atoms with Gasteiger partial charge in [0.2, 0.25) is 0 Å². The van der Waals surface area contributed by atoms with Crippen LogP contribution in [0, 0.1) is 0 Å². The van der Waals surface area contributed by atoms with Crippen LogP contribution in [-0.4, -0.2) is 25.5 Å². The van der Waals surface area contributed by atoms with Crippen molar-refractivity contribution >= 4 is 0 Å². The van der Waals surface area contributed by atoms with Gasteiger partial charge in [-0.2, -0.15) is 0 Å². The fraction of sp³-hybridized carbons (Fsp3) is 0.600. The molecule has 1 N–H and O–H groups in total. The molecule has 0 bridgehead atoms. The zero-order valence-corrected chi connectivity index (χ0v) is 8.63. The van der Waals surface area contributed by atoms with Gasteiger partial charge in [0.15, 0.2) is 0 Å². The van der Waals surface area contributed by atoms with E-state index in [2.05, 4.69) is 31.2 Å². The van der Waals surface area contributed by atoms with Crippen molar-refractivity contribution in [2.75, 3.05) is 20.6 Å². The number of nitrogens with one attached hydrogen (secondary N) is 1. The van der Waals surface area contributed by atoms with Crippen LogP contribution in [0.15, 0.2) is 16.7 Å². The van der Waals surface area contributed by atoms with Gasteiger partial charge in [-0.3, -0.25) is 0 Å². The number of nitrogens with zero attached hydrogens (tertiary/aromatic N) is 1. The van der Waals surface area contributed by atoms with Gasteiger partial charge in [0, 0.05) is 12.1 Å². The van der Waals surface area contributed by atoms with Crippen LogP contribution in [0.4, 0.5) is 0 Å². The van der Waals surface area contributed by atoms with Crippen molar-refractivity contribution in [2.45, 2.75) is 20.0 Å². The lowest BCUT2D eigenvalue weighted by atomic mass is 10.2. The van der Waals surface area contributed by atoms with Crippen molar-refractivity contribution in [3.05, 3.63) is 23.7 Å².